The van der Waals surface area contributed by atoms with Crippen LogP contribution in [-0.4, -0.2) is 20.0 Å². The predicted octanol–water partition coefficient (Wildman–Crippen LogP) is 3.26. The van der Waals surface area contributed by atoms with E-state index >= 15 is 0 Å². The lowest BCUT2D eigenvalue weighted by Crippen LogP contribution is -2.10. The number of rotatable bonds is 5. The molecular weight excluding hydrogens is 274 g/mol. The van der Waals surface area contributed by atoms with Crippen LogP contribution >= 0.6 is 11.3 Å². The van der Waals surface area contributed by atoms with E-state index < -0.39 is 5.92 Å². The molecule has 0 N–H and O–H groups in total. The molecule has 4 nitrogen and oxygen atoms in total. The smallest absolute Gasteiger partial charge is 0.194 e. The van der Waals surface area contributed by atoms with E-state index in [2.05, 4.69) is 6.07 Å². The summed E-state index contributed by atoms with van der Waals surface area (Å²) in [6.45, 7) is 0. The van der Waals surface area contributed by atoms with Crippen molar-refractivity contribution in [1.82, 2.24) is 0 Å². The van der Waals surface area contributed by atoms with Crippen molar-refractivity contribution < 1.29 is 14.3 Å². The number of Topliss-reactive ketones (excluding diaryl/α,β-unsaturated/α-hetero) is 1. The van der Waals surface area contributed by atoms with Gasteiger partial charge in [-0.15, -0.1) is 11.3 Å². The molecule has 0 aliphatic heterocycles. The molecule has 1 aromatic carbocycles. The first kappa shape index (κ1) is 14.1. The second kappa shape index (κ2) is 6.22. The van der Waals surface area contributed by atoms with Gasteiger partial charge in [0.25, 0.3) is 0 Å². The van der Waals surface area contributed by atoms with E-state index in [1.165, 1.54) is 25.6 Å². The summed E-state index contributed by atoms with van der Waals surface area (Å²) >= 11 is 1.33. The Hall–Kier alpha value is -2.32. The van der Waals surface area contributed by atoms with Crippen LogP contribution in [0.15, 0.2) is 35.7 Å². The highest BCUT2D eigenvalue weighted by molar-refractivity contribution is 7.12. The van der Waals surface area contributed by atoms with E-state index in [1.54, 1.807) is 30.3 Å². The summed E-state index contributed by atoms with van der Waals surface area (Å²) in [6.07, 6.45) is 0. The Labute approximate surface area is 121 Å². The minimum absolute atomic E-state index is 0.199. The molecule has 0 radical (unpaired) electrons. The summed E-state index contributed by atoms with van der Waals surface area (Å²) in [4.78, 5) is 12.9. The highest BCUT2D eigenvalue weighted by Crippen LogP contribution is 2.32. The Balaban J connectivity index is 2.38. The number of nitriles is 1. The third kappa shape index (κ3) is 2.65. The molecule has 0 saturated heterocycles. The van der Waals surface area contributed by atoms with Crippen molar-refractivity contribution in [3.05, 3.63) is 46.2 Å². The number of thiophene rings is 1. The van der Waals surface area contributed by atoms with E-state index in [9.17, 15) is 10.1 Å². The molecule has 0 spiro atoms. The van der Waals surface area contributed by atoms with Crippen LogP contribution in [0.25, 0.3) is 0 Å². The number of hydrogen-bond donors (Lipinski definition) is 0. The number of carbonyl (C=O) groups is 1. The van der Waals surface area contributed by atoms with Crippen LogP contribution in [0.4, 0.5) is 0 Å². The topological polar surface area (TPSA) is 59.3 Å². The third-order valence-corrected chi connectivity index (χ3v) is 3.78. The van der Waals surface area contributed by atoms with E-state index in [0.717, 1.165) is 0 Å². The zero-order chi connectivity index (χ0) is 14.5. The number of ether oxygens (including phenoxy) is 2. The maximum Gasteiger partial charge on any atom is 0.194 e. The van der Waals surface area contributed by atoms with E-state index in [4.69, 9.17) is 9.47 Å². The molecule has 2 aromatic rings. The minimum Gasteiger partial charge on any atom is -0.493 e. The summed E-state index contributed by atoms with van der Waals surface area (Å²) in [7, 11) is 3.06. The number of ketones is 1. The molecule has 1 heterocycles. The van der Waals surface area contributed by atoms with Crippen molar-refractivity contribution in [2.24, 2.45) is 0 Å². The summed E-state index contributed by atoms with van der Waals surface area (Å²) in [6, 6.07) is 10.6. The Kier molecular flexibility index (Phi) is 4.38. The van der Waals surface area contributed by atoms with E-state index in [0.29, 0.717) is 21.9 Å². The van der Waals surface area contributed by atoms with Crippen molar-refractivity contribution >= 4 is 17.1 Å². The molecule has 1 aromatic heterocycles. The maximum absolute atomic E-state index is 12.3. The second-order valence-electron chi connectivity index (χ2n) is 4.02. The van der Waals surface area contributed by atoms with Crippen LogP contribution in [0.3, 0.4) is 0 Å². The quantitative estimate of drug-likeness (QED) is 0.792. The largest absolute Gasteiger partial charge is 0.493 e. The molecule has 5 heteroatoms. The van der Waals surface area contributed by atoms with Gasteiger partial charge in [0.2, 0.25) is 0 Å². The molecule has 102 valence electrons. The molecule has 0 aliphatic rings. The summed E-state index contributed by atoms with van der Waals surface area (Å²) < 4.78 is 10.3. The lowest BCUT2D eigenvalue weighted by atomic mass is 9.95. The zero-order valence-corrected chi connectivity index (χ0v) is 11.9. The molecule has 1 unspecified atom stereocenters. The molecule has 0 fully saturated rings. The zero-order valence-electron chi connectivity index (χ0n) is 11.1. The molecular formula is C15H13NO3S. The van der Waals surface area contributed by atoms with Gasteiger partial charge >= 0.3 is 0 Å². The van der Waals surface area contributed by atoms with Gasteiger partial charge < -0.3 is 9.47 Å². The average Bonchev–Trinajstić information content (AvgIpc) is 3.01. The number of hydrogen-bond acceptors (Lipinski definition) is 5. The van der Waals surface area contributed by atoms with Gasteiger partial charge in [0, 0.05) is 0 Å². The van der Waals surface area contributed by atoms with Crippen molar-refractivity contribution in [2.75, 3.05) is 14.2 Å². The van der Waals surface area contributed by atoms with Gasteiger partial charge in [0.1, 0.15) is 5.92 Å². The molecule has 0 aliphatic carbocycles. The van der Waals surface area contributed by atoms with Crippen molar-refractivity contribution in [1.29, 1.82) is 5.26 Å². The third-order valence-electron chi connectivity index (χ3n) is 2.90. The molecule has 0 bridgehead atoms. The first-order valence-corrected chi connectivity index (χ1v) is 6.78. The number of benzene rings is 1. The van der Waals surface area contributed by atoms with Crippen LogP contribution in [0.2, 0.25) is 0 Å². The van der Waals surface area contributed by atoms with Crippen LogP contribution in [0, 0.1) is 11.3 Å². The normalized spacial score (nSPS) is 11.4. The highest BCUT2D eigenvalue weighted by Gasteiger charge is 2.23. The first-order chi connectivity index (χ1) is 9.71. The molecule has 0 saturated carbocycles. The van der Waals surface area contributed by atoms with Gasteiger partial charge in [-0.25, -0.2) is 0 Å². The van der Waals surface area contributed by atoms with Crippen LogP contribution in [0.1, 0.15) is 21.2 Å². The summed E-state index contributed by atoms with van der Waals surface area (Å²) in [5.74, 6) is 0.0314. The highest BCUT2D eigenvalue weighted by atomic mass is 32.1. The van der Waals surface area contributed by atoms with Crippen LogP contribution in [0.5, 0.6) is 11.5 Å². The predicted molar refractivity (Wildman–Crippen MR) is 76.5 cm³/mol. The Morgan fingerprint density at radius 2 is 2.00 bits per heavy atom. The number of methoxy groups -OCH3 is 2. The minimum atomic E-state index is -0.839. The Morgan fingerprint density at radius 1 is 1.25 bits per heavy atom. The van der Waals surface area contributed by atoms with Gasteiger partial charge in [0.15, 0.2) is 17.3 Å². The van der Waals surface area contributed by atoms with Gasteiger partial charge in [-0.05, 0) is 29.1 Å². The molecule has 0 amide bonds. The summed E-state index contributed by atoms with van der Waals surface area (Å²) in [5.41, 5.74) is 0.601. The van der Waals surface area contributed by atoms with Crippen LogP contribution in [-0.2, 0) is 0 Å². The first-order valence-electron chi connectivity index (χ1n) is 5.90. The van der Waals surface area contributed by atoms with Gasteiger partial charge in [-0.2, -0.15) is 5.26 Å². The Bertz CT molecular complexity index is 644. The van der Waals surface area contributed by atoms with Gasteiger partial charge in [0.05, 0.1) is 25.2 Å². The lowest BCUT2D eigenvalue weighted by molar-refractivity contribution is 0.0982. The number of carbonyl (C=O) groups excluding carboxylic acids is 1. The van der Waals surface area contributed by atoms with E-state index in [1.807, 2.05) is 5.38 Å². The monoisotopic (exact) mass is 287 g/mol. The van der Waals surface area contributed by atoms with Gasteiger partial charge in [-0.1, -0.05) is 12.1 Å². The fourth-order valence-corrected chi connectivity index (χ4v) is 2.57. The molecule has 2 rings (SSSR count). The summed E-state index contributed by atoms with van der Waals surface area (Å²) in [5, 5.41) is 11.1. The van der Waals surface area contributed by atoms with Crippen LogP contribution < -0.4 is 9.47 Å². The van der Waals surface area contributed by atoms with Crippen molar-refractivity contribution in [3.63, 3.8) is 0 Å². The average molecular weight is 287 g/mol. The SMILES string of the molecule is COc1ccc(C(C#N)C(=O)c2cccs2)cc1OC. The fourth-order valence-electron chi connectivity index (χ4n) is 1.88. The van der Waals surface area contributed by atoms with Gasteiger partial charge in [-0.3, -0.25) is 4.79 Å². The fraction of sp³-hybridized carbons (Fsp3) is 0.200. The molecule has 1 atom stereocenters. The Morgan fingerprint density at radius 3 is 2.55 bits per heavy atom. The van der Waals surface area contributed by atoms with E-state index in [-0.39, 0.29) is 5.78 Å². The molecule has 20 heavy (non-hydrogen) atoms. The lowest BCUT2D eigenvalue weighted by Gasteiger charge is -2.12. The van der Waals surface area contributed by atoms with Crippen molar-refractivity contribution in [2.45, 2.75) is 5.92 Å². The second-order valence-corrected chi connectivity index (χ2v) is 4.97. The standard InChI is InChI=1S/C15H13NO3S/c1-18-12-6-5-10(8-13(12)19-2)11(9-16)15(17)14-4-3-7-20-14/h3-8,11H,1-2H3. The van der Waals surface area contributed by atoms with Crippen molar-refractivity contribution in [3.8, 4) is 17.6 Å². The maximum atomic E-state index is 12.3. The number of nitrogens with zero attached hydrogens (tertiary/aromatic N) is 1.